The number of ketones is 1. The Morgan fingerprint density at radius 1 is 1.26 bits per heavy atom. The van der Waals surface area contributed by atoms with Crippen LogP contribution in [0.4, 0.5) is 13.2 Å². The third-order valence-corrected chi connectivity index (χ3v) is 9.90. The lowest BCUT2D eigenvalue weighted by Gasteiger charge is -2.63. The van der Waals surface area contributed by atoms with Gasteiger partial charge in [-0.3, -0.25) is 14.4 Å². The number of halogens is 3. The van der Waals surface area contributed by atoms with Crippen molar-refractivity contribution in [3.05, 3.63) is 23.8 Å². The van der Waals surface area contributed by atoms with Crippen LogP contribution in [0.15, 0.2) is 23.8 Å². The van der Waals surface area contributed by atoms with Crippen LogP contribution in [-0.4, -0.2) is 51.5 Å². The van der Waals surface area contributed by atoms with E-state index in [1.54, 1.807) is 20.8 Å². The molecule has 0 amide bonds. The first-order chi connectivity index (χ1) is 15.8. The summed E-state index contributed by atoms with van der Waals surface area (Å²) in [4.78, 5) is 37.8. The lowest BCUT2D eigenvalue weighted by Crippen LogP contribution is -2.70. The highest BCUT2D eigenvalue weighted by atomic mass is 32.2. The minimum absolute atomic E-state index is 0.0141. The maximum Gasteiger partial charge on any atom is 0.306 e. The maximum absolute atomic E-state index is 17.2. The number of ether oxygens (including phenoxy) is 1. The molecule has 0 aromatic rings. The number of alkyl halides is 3. The fourth-order valence-corrected chi connectivity index (χ4v) is 8.42. The zero-order valence-corrected chi connectivity index (χ0v) is 20.6. The van der Waals surface area contributed by atoms with Crippen LogP contribution in [0.1, 0.15) is 53.4 Å². The zero-order valence-electron chi connectivity index (χ0n) is 19.8. The number of allylic oxidation sites excluding steroid dienone is 4. The van der Waals surface area contributed by atoms with Gasteiger partial charge in [-0.2, -0.15) is 0 Å². The molecule has 0 heterocycles. The Balaban J connectivity index is 1.87. The summed E-state index contributed by atoms with van der Waals surface area (Å²) in [6.07, 6.45) is 0.160. The molecular weight excluding hydrogens is 468 g/mol. The first-order valence-corrected chi connectivity index (χ1v) is 12.7. The second kappa shape index (κ2) is 8.22. The van der Waals surface area contributed by atoms with E-state index in [0.29, 0.717) is 11.8 Å². The topological polar surface area (TPSA) is 80.7 Å². The molecule has 2 unspecified atom stereocenters. The molecule has 0 aliphatic heterocycles. The summed E-state index contributed by atoms with van der Waals surface area (Å²) in [6, 6.07) is -1.02. The fraction of sp³-hybridized carbons (Fsp3) is 0.720. The summed E-state index contributed by atoms with van der Waals surface area (Å²) in [5.41, 5.74) is -6.84. The highest BCUT2D eigenvalue weighted by molar-refractivity contribution is 8.13. The number of aliphatic hydroxyl groups is 1. The van der Waals surface area contributed by atoms with Crippen LogP contribution in [0.2, 0.25) is 0 Å². The normalized spacial score (nSPS) is 47.4. The highest BCUT2D eigenvalue weighted by Crippen LogP contribution is 2.72. The molecule has 4 aliphatic rings. The molecule has 0 spiro atoms. The standard InChI is InChI=1S/C25H31F3O5S/c1-5-20(31)33-25(21(32)34-12-26)13(2)8-15-16-10-18(27)17-9-14(29)6-7-22(17,3)24(16,28)19(30)11-23(15,25)4/h6-7,9,13,15-16,18-19,30H,5,8,10-12H2,1-4H3/t13-,15?,16?,18+,19+,22+,23+,24+,25+/m1/s1/i26-1. The number of hydrogen-bond donors (Lipinski definition) is 1. The summed E-state index contributed by atoms with van der Waals surface area (Å²) in [6.45, 7) is 6.45. The quantitative estimate of drug-likeness (QED) is 0.577. The lowest BCUT2D eigenvalue weighted by atomic mass is 9.44. The number of aliphatic hydroxyl groups excluding tert-OH is 1. The molecule has 3 fully saturated rings. The van der Waals surface area contributed by atoms with E-state index in [2.05, 4.69) is 0 Å². The summed E-state index contributed by atoms with van der Waals surface area (Å²) < 4.78 is 51.8. The molecule has 0 saturated heterocycles. The van der Waals surface area contributed by atoms with Crippen LogP contribution in [0.25, 0.3) is 0 Å². The van der Waals surface area contributed by atoms with Gasteiger partial charge in [0.05, 0.1) is 6.10 Å². The molecular formula is C25H31F3O5S. The first kappa shape index (κ1) is 25.5. The Labute approximate surface area is 201 Å². The van der Waals surface area contributed by atoms with Crippen LogP contribution < -0.4 is 0 Å². The van der Waals surface area contributed by atoms with Crippen LogP contribution in [0.5, 0.6) is 0 Å². The van der Waals surface area contributed by atoms with Crippen molar-refractivity contribution in [2.75, 3.05) is 6.01 Å². The molecule has 0 aromatic carbocycles. The van der Waals surface area contributed by atoms with Gasteiger partial charge in [0.15, 0.2) is 17.1 Å². The van der Waals surface area contributed by atoms with Crippen molar-refractivity contribution < 1.29 is 37.4 Å². The number of fused-ring (bicyclic) bond motifs is 5. The van der Waals surface area contributed by atoms with Gasteiger partial charge in [-0.1, -0.05) is 26.8 Å². The average molecular weight is 500 g/mol. The van der Waals surface area contributed by atoms with Crippen molar-refractivity contribution in [1.82, 2.24) is 0 Å². The zero-order chi connectivity index (χ0) is 25.3. The summed E-state index contributed by atoms with van der Waals surface area (Å²) >= 11 is 0.396. The van der Waals surface area contributed by atoms with Crippen molar-refractivity contribution in [2.24, 2.45) is 28.6 Å². The van der Waals surface area contributed by atoms with E-state index >= 15 is 8.78 Å². The predicted molar refractivity (Wildman–Crippen MR) is 121 cm³/mol. The van der Waals surface area contributed by atoms with E-state index < -0.39 is 75.0 Å². The van der Waals surface area contributed by atoms with Crippen molar-refractivity contribution in [1.29, 1.82) is 0 Å². The third-order valence-electron chi connectivity index (χ3n) is 9.22. The smallest absolute Gasteiger partial charge is 0.306 e. The molecule has 9 atom stereocenters. The van der Waals surface area contributed by atoms with Crippen molar-refractivity contribution in [3.8, 4) is 0 Å². The van der Waals surface area contributed by atoms with E-state index in [4.69, 9.17) is 4.74 Å². The molecule has 1 N–H and O–H groups in total. The molecule has 0 bridgehead atoms. The lowest BCUT2D eigenvalue weighted by molar-refractivity contribution is -0.228. The third kappa shape index (κ3) is 3.01. The van der Waals surface area contributed by atoms with Crippen LogP contribution >= 0.6 is 11.8 Å². The van der Waals surface area contributed by atoms with E-state index in [0.717, 1.165) is 6.08 Å². The van der Waals surface area contributed by atoms with Gasteiger partial charge in [-0.25, -0.2) is 13.2 Å². The predicted octanol–water partition coefficient (Wildman–Crippen LogP) is 4.43. The minimum Gasteiger partial charge on any atom is -0.449 e. The van der Waals surface area contributed by atoms with Crippen LogP contribution in [-0.2, 0) is 19.1 Å². The van der Waals surface area contributed by atoms with Crippen LogP contribution in [0, 0.1) is 28.6 Å². The van der Waals surface area contributed by atoms with Gasteiger partial charge in [-0.15, -0.1) is 0 Å². The Bertz CT molecular complexity index is 984. The number of carbonyl (C=O) groups excluding carboxylic acids is 3. The Hall–Kier alpha value is -1.61. The first-order valence-electron chi connectivity index (χ1n) is 11.7. The number of esters is 1. The average Bonchev–Trinajstić information content (AvgIpc) is 2.99. The summed E-state index contributed by atoms with van der Waals surface area (Å²) in [5.74, 6) is -3.30. The van der Waals surface area contributed by atoms with E-state index in [9.17, 15) is 23.9 Å². The van der Waals surface area contributed by atoms with Crippen molar-refractivity contribution in [2.45, 2.75) is 76.9 Å². The molecule has 9 heteroatoms. The second-order valence-corrected chi connectivity index (χ2v) is 11.5. The number of hydrogen-bond acceptors (Lipinski definition) is 6. The molecule has 3 saturated carbocycles. The van der Waals surface area contributed by atoms with E-state index in [-0.39, 0.29) is 31.3 Å². The Morgan fingerprint density at radius 2 is 1.94 bits per heavy atom. The molecule has 4 aliphatic carbocycles. The molecule has 34 heavy (non-hydrogen) atoms. The van der Waals surface area contributed by atoms with Crippen LogP contribution in [0.3, 0.4) is 0 Å². The fourth-order valence-electron chi connectivity index (χ4n) is 7.63. The molecule has 0 radical (unpaired) electrons. The van der Waals surface area contributed by atoms with Gasteiger partial charge in [0, 0.05) is 29.1 Å². The molecule has 4 rings (SSSR count). The maximum atomic E-state index is 17.2. The molecule has 188 valence electrons. The van der Waals surface area contributed by atoms with Crippen molar-refractivity contribution in [3.63, 3.8) is 0 Å². The minimum atomic E-state index is -2.30. The van der Waals surface area contributed by atoms with E-state index in [1.165, 1.54) is 19.1 Å². The largest absolute Gasteiger partial charge is 0.449 e. The monoisotopic (exact) mass is 499 g/mol. The second-order valence-electron chi connectivity index (χ2n) is 10.6. The number of thioether (sulfide) groups is 1. The highest BCUT2D eigenvalue weighted by Gasteiger charge is 2.78. The number of carbonyl (C=O) groups is 3. The summed E-state index contributed by atoms with van der Waals surface area (Å²) in [5, 5.41) is 10.7. The summed E-state index contributed by atoms with van der Waals surface area (Å²) in [7, 11) is 0. The molecule has 5 nitrogen and oxygen atoms in total. The van der Waals surface area contributed by atoms with Gasteiger partial charge < -0.3 is 9.84 Å². The Kier molecular flexibility index (Phi) is 6.16. The van der Waals surface area contributed by atoms with Gasteiger partial charge in [0.25, 0.3) is 0 Å². The van der Waals surface area contributed by atoms with Gasteiger partial charge in [0.2, 0.25) is 5.12 Å². The van der Waals surface area contributed by atoms with Gasteiger partial charge in [0.1, 0.15) is 12.2 Å². The Morgan fingerprint density at radius 3 is 2.56 bits per heavy atom. The van der Waals surface area contributed by atoms with Crippen molar-refractivity contribution >= 4 is 28.6 Å². The SMILES string of the molecule is CCC(=O)O[C@]1(C(=O)SC[18F])[C@H](C)CC2C3C[C@H](F)C4=CC(=O)C=C[C@]4(C)[C@@]3(F)[C@@H](O)C[C@@]21C. The van der Waals surface area contributed by atoms with Gasteiger partial charge in [-0.05, 0) is 61.6 Å². The molecule has 0 aromatic heterocycles. The van der Waals surface area contributed by atoms with Gasteiger partial charge >= 0.3 is 5.97 Å². The van der Waals surface area contributed by atoms with E-state index in [1.807, 2.05) is 0 Å². The number of rotatable bonds is 4.